The Hall–Kier alpha value is -1.23. The van der Waals surface area contributed by atoms with E-state index < -0.39 is 50.8 Å². The van der Waals surface area contributed by atoms with E-state index in [1.807, 2.05) is 0 Å². The summed E-state index contributed by atoms with van der Waals surface area (Å²) >= 11 is 0. The fourth-order valence-electron chi connectivity index (χ4n) is 2.54. The van der Waals surface area contributed by atoms with E-state index >= 15 is 0 Å². The van der Waals surface area contributed by atoms with Crippen molar-refractivity contribution in [3.63, 3.8) is 0 Å². The van der Waals surface area contributed by atoms with Crippen LogP contribution in [0.15, 0.2) is 39.0 Å². The number of phenols is 1. The zero-order valence-corrected chi connectivity index (χ0v) is 17.7. The number of rotatable bonds is 3. The normalized spacial score (nSPS) is 13.0. The molecule has 3 aromatic rings. The molecule has 3 rings (SSSR count). The zero-order chi connectivity index (χ0) is 19.7. The second kappa shape index (κ2) is 6.68. The van der Waals surface area contributed by atoms with Crippen molar-refractivity contribution in [1.29, 1.82) is 0 Å². The van der Waals surface area contributed by atoms with E-state index in [-0.39, 0.29) is 51.4 Å². The van der Waals surface area contributed by atoms with Crippen LogP contribution in [-0.4, -0.2) is 78.6 Å². The van der Waals surface area contributed by atoms with Crippen LogP contribution in [0, 0.1) is 0 Å². The minimum Gasteiger partial charge on any atom is -0.506 e. The van der Waals surface area contributed by atoms with Crippen LogP contribution in [0.25, 0.3) is 21.8 Å². The molecule has 0 amide bonds. The standard InChI is InChI=1S/C12H9NO10S3.Na/c14-9-3-7-5(1-10(9)24(15,16)17)6-2-11(25(18,19)20)12(26(21,22)23)4-8(6)13-7;/h1-4,13-14H,(H,15,16,17)(H,18,19,20)(H,21,22,23);. The second-order valence-corrected chi connectivity index (χ2v) is 9.43. The van der Waals surface area contributed by atoms with Crippen molar-refractivity contribution in [2.75, 3.05) is 0 Å². The Kier molecular flexibility index (Phi) is 5.46. The summed E-state index contributed by atoms with van der Waals surface area (Å²) in [4.78, 5) is -0.491. The Bertz CT molecular complexity index is 1400. The summed E-state index contributed by atoms with van der Waals surface area (Å²) in [6.45, 7) is 0. The molecule has 2 aromatic carbocycles. The van der Waals surface area contributed by atoms with Crippen molar-refractivity contribution in [2.24, 2.45) is 0 Å². The molecule has 0 saturated carbocycles. The molecule has 0 fully saturated rings. The molecular weight excluding hydrogens is 437 g/mol. The van der Waals surface area contributed by atoms with E-state index in [1.54, 1.807) is 0 Å². The number of aromatic amines is 1. The smallest absolute Gasteiger partial charge is 0.298 e. The Balaban J connectivity index is 0.00000261. The first-order valence-corrected chi connectivity index (χ1v) is 10.8. The predicted octanol–water partition coefficient (Wildman–Crippen LogP) is 0.386. The number of aromatic nitrogens is 1. The molecular formula is C12H9NNaO10S3. The molecule has 5 N–H and O–H groups in total. The van der Waals surface area contributed by atoms with Gasteiger partial charge in [-0.1, -0.05) is 0 Å². The molecule has 11 nitrogen and oxygen atoms in total. The van der Waals surface area contributed by atoms with Crippen molar-refractivity contribution < 1.29 is 44.0 Å². The summed E-state index contributed by atoms with van der Waals surface area (Å²) in [5.74, 6) is -0.809. The van der Waals surface area contributed by atoms with E-state index in [2.05, 4.69) is 4.98 Å². The van der Waals surface area contributed by atoms with Gasteiger partial charge in [-0.3, -0.25) is 13.7 Å². The van der Waals surface area contributed by atoms with Gasteiger partial charge in [0.25, 0.3) is 30.4 Å². The number of hydrogen-bond donors (Lipinski definition) is 5. The first-order chi connectivity index (χ1) is 11.7. The summed E-state index contributed by atoms with van der Waals surface area (Å²) in [7, 11) is -14.9. The maximum Gasteiger partial charge on any atom is 0.298 e. The molecule has 0 aliphatic rings. The van der Waals surface area contributed by atoms with Gasteiger partial charge in [-0.15, -0.1) is 0 Å². The fraction of sp³-hybridized carbons (Fsp3) is 0. The number of nitrogens with one attached hydrogen (secondary N) is 1. The maximum atomic E-state index is 11.5. The van der Waals surface area contributed by atoms with Crippen molar-refractivity contribution >= 4 is 81.7 Å². The topological polar surface area (TPSA) is 199 Å². The van der Waals surface area contributed by atoms with Crippen LogP contribution in [-0.2, 0) is 30.4 Å². The van der Waals surface area contributed by atoms with Gasteiger partial charge in [-0.25, -0.2) is 0 Å². The van der Waals surface area contributed by atoms with Gasteiger partial charge < -0.3 is 10.1 Å². The third-order valence-electron chi connectivity index (χ3n) is 3.58. The molecule has 15 heteroatoms. The molecule has 0 bridgehead atoms. The summed E-state index contributed by atoms with van der Waals surface area (Å²) < 4.78 is 95.9. The molecule has 27 heavy (non-hydrogen) atoms. The van der Waals surface area contributed by atoms with Crippen molar-refractivity contribution in [2.45, 2.75) is 14.7 Å². The van der Waals surface area contributed by atoms with E-state index in [0.717, 1.165) is 18.2 Å². The van der Waals surface area contributed by atoms with Gasteiger partial charge >= 0.3 is 0 Å². The molecule has 0 spiro atoms. The monoisotopic (exact) mass is 446 g/mol. The number of fused-ring (bicyclic) bond motifs is 3. The summed E-state index contributed by atoms with van der Waals surface area (Å²) in [5.41, 5.74) is 0.0191. The molecule has 0 saturated heterocycles. The third-order valence-corrected chi connectivity index (χ3v) is 6.38. The minimum atomic E-state index is -5.07. The SMILES string of the molecule is O=S(=O)(O)c1cc2c(cc1O)[nH]c1cc(S(=O)(=O)O)c(S(=O)(=O)O)cc12.[Na]. The van der Waals surface area contributed by atoms with Crippen LogP contribution >= 0.6 is 0 Å². The number of hydrogen-bond acceptors (Lipinski definition) is 7. The van der Waals surface area contributed by atoms with Crippen molar-refractivity contribution in [3.8, 4) is 5.75 Å². The van der Waals surface area contributed by atoms with E-state index in [4.69, 9.17) is 4.55 Å². The molecule has 0 unspecified atom stereocenters. The molecule has 141 valence electrons. The summed E-state index contributed by atoms with van der Waals surface area (Å²) in [6.07, 6.45) is 0. The Morgan fingerprint density at radius 3 is 1.44 bits per heavy atom. The van der Waals surface area contributed by atoms with Gasteiger partial charge in [0.15, 0.2) is 0 Å². The molecule has 1 heterocycles. The van der Waals surface area contributed by atoms with Gasteiger partial charge in [0.05, 0.1) is 5.52 Å². The van der Waals surface area contributed by atoms with Crippen LogP contribution in [0.3, 0.4) is 0 Å². The maximum absolute atomic E-state index is 11.5. The van der Waals surface area contributed by atoms with E-state index in [0.29, 0.717) is 6.07 Å². The molecule has 0 aliphatic carbocycles. The minimum absolute atomic E-state index is 0. The first-order valence-electron chi connectivity index (χ1n) is 6.44. The van der Waals surface area contributed by atoms with Crippen LogP contribution in [0.2, 0.25) is 0 Å². The quantitative estimate of drug-likeness (QED) is 0.277. The Morgan fingerprint density at radius 1 is 0.630 bits per heavy atom. The number of benzene rings is 2. The number of H-pyrrole nitrogens is 1. The van der Waals surface area contributed by atoms with Crippen molar-refractivity contribution in [3.05, 3.63) is 24.3 Å². The third kappa shape index (κ3) is 3.98. The average Bonchev–Trinajstić information content (AvgIpc) is 2.78. The first kappa shape index (κ1) is 22.1. The van der Waals surface area contributed by atoms with Gasteiger partial charge in [0, 0.05) is 51.9 Å². The van der Waals surface area contributed by atoms with Crippen LogP contribution in [0.5, 0.6) is 5.75 Å². The molecule has 0 aliphatic heterocycles. The molecule has 1 radical (unpaired) electrons. The average molecular weight is 446 g/mol. The van der Waals surface area contributed by atoms with Crippen LogP contribution in [0.1, 0.15) is 0 Å². The van der Waals surface area contributed by atoms with Crippen LogP contribution in [0.4, 0.5) is 0 Å². The number of aromatic hydroxyl groups is 1. The number of phenolic OH excluding ortho intramolecular Hbond substituents is 1. The second-order valence-electron chi connectivity index (χ2n) is 5.26. The van der Waals surface area contributed by atoms with E-state index in [9.17, 15) is 39.5 Å². The Morgan fingerprint density at radius 2 is 1.00 bits per heavy atom. The van der Waals surface area contributed by atoms with E-state index in [1.165, 1.54) is 0 Å². The largest absolute Gasteiger partial charge is 0.506 e. The zero-order valence-electron chi connectivity index (χ0n) is 13.3. The summed E-state index contributed by atoms with van der Waals surface area (Å²) in [6, 6.07) is 3.17. The summed E-state index contributed by atoms with van der Waals surface area (Å²) in [5, 5.41) is 9.65. The van der Waals surface area contributed by atoms with Gasteiger partial charge in [0.1, 0.15) is 20.4 Å². The van der Waals surface area contributed by atoms with Crippen molar-refractivity contribution in [1.82, 2.24) is 4.98 Å². The van der Waals surface area contributed by atoms with Crippen LogP contribution < -0.4 is 0 Å². The van der Waals surface area contributed by atoms with Gasteiger partial charge in [0.2, 0.25) is 0 Å². The molecule has 1 aromatic heterocycles. The van der Waals surface area contributed by atoms with Gasteiger partial charge in [-0.05, 0) is 18.2 Å². The predicted molar refractivity (Wildman–Crippen MR) is 92.7 cm³/mol. The Labute approximate surface area is 174 Å². The molecule has 0 atom stereocenters. The van der Waals surface area contributed by atoms with Gasteiger partial charge in [-0.2, -0.15) is 25.3 Å². The fourth-order valence-corrected chi connectivity index (χ4v) is 4.92.